The van der Waals surface area contributed by atoms with Gasteiger partial charge in [0, 0.05) is 33.4 Å². The molecule has 4 aromatic rings. The fourth-order valence-electron chi connectivity index (χ4n) is 2.99. The summed E-state index contributed by atoms with van der Waals surface area (Å²) in [4.78, 5) is 2.42. The maximum atomic E-state index is 4.68. The first kappa shape index (κ1) is 16.7. The predicted molar refractivity (Wildman–Crippen MR) is 104 cm³/mol. The number of nitrogens with zero attached hydrogens (tertiary/aromatic N) is 4. The molecule has 0 N–H and O–H groups in total. The molecule has 0 fully saturated rings. The van der Waals surface area contributed by atoms with Crippen LogP contribution in [0.5, 0.6) is 0 Å². The van der Waals surface area contributed by atoms with Gasteiger partial charge in [-0.25, -0.2) is 9.36 Å². The Balaban J connectivity index is 1.83. The molecule has 0 saturated heterocycles. The van der Waals surface area contributed by atoms with Crippen LogP contribution in [0.2, 0.25) is 0 Å². The molecule has 0 bridgehead atoms. The lowest BCUT2D eigenvalue weighted by molar-refractivity contribution is 0.405. The monoisotopic (exact) mass is 360 g/mol. The first-order chi connectivity index (χ1) is 12.7. The average Bonchev–Trinajstić information content (AvgIpc) is 3.27. The largest absolute Gasteiger partial charge is 0.243 e. The number of benzene rings is 2. The fraction of sp³-hybridized carbons (Fsp3) is 0.143. The van der Waals surface area contributed by atoms with Gasteiger partial charge in [0.1, 0.15) is 0 Å². The quantitative estimate of drug-likeness (QED) is 0.505. The highest BCUT2D eigenvalue weighted by atomic mass is 32.2. The SMILES string of the molecule is Cc1ccn(C(c2ccccc2Sc2ccccc2)n2nccc2C)n1. The topological polar surface area (TPSA) is 35.6 Å². The van der Waals surface area contributed by atoms with Crippen molar-refractivity contribution in [3.05, 3.63) is 96.1 Å². The zero-order valence-corrected chi connectivity index (χ0v) is 15.6. The summed E-state index contributed by atoms with van der Waals surface area (Å²) in [7, 11) is 0. The molecule has 2 aromatic carbocycles. The van der Waals surface area contributed by atoms with Crippen molar-refractivity contribution in [3.63, 3.8) is 0 Å². The molecule has 4 nitrogen and oxygen atoms in total. The van der Waals surface area contributed by atoms with E-state index in [1.807, 2.05) is 46.9 Å². The molecule has 1 unspecified atom stereocenters. The van der Waals surface area contributed by atoms with Crippen LogP contribution in [0.25, 0.3) is 0 Å². The van der Waals surface area contributed by atoms with Gasteiger partial charge >= 0.3 is 0 Å². The van der Waals surface area contributed by atoms with E-state index in [2.05, 4.69) is 65.7 Å². The average molecular weight is 360 g/mol. The van der Waals surface area contributed by atoms with Gasteiger partial charge in [0.2, 0.25) is 0 Å². The van der Waals surface area contributed by atoms with E-state index in [9.17, 15) is 0 Å². The van der Waals surface area contributed by atoms with Gasteiger partial charge in [-0.3, -0.25) is 0 Å². The highest BCUT2D eigenvalue weighted by molar-refractivity contribution is 7.99. The molecule has 1 atom stereocenters. The normalized spacial score (nSPS) is 12.2. The Hall–Kier alpha value is -2.79. The molecule has 0 aliphatic rings. The Kier molecular flexibility index (Phi) is 4.63. The van der Waals surface area contributed by atoms with Gasteiger partial charge in [-0.05, 0) is 44.2 Å². The minimum absolute atomic E-state index is 0.119. The van der Waals surface area contributed by atoms with E-state index < -0.39 is 0 Å². The summed E-state index contributed by atoms with van der Waals surface area (Å²) in [5.41, 5.74) is 3.27. The van der Waals surface area contributed by atoms with Gasteiger partial charge < -0.3 is 0 Å². The highest BCUT2D eigenvalue weighted by Gasteiger charge is 2.22. The number of rotatable bonds is 5. The Bertz CT molecular complexity index is 1000. The van der Waals surface area contributed by atoms with E-state index in [1.165, 1.54) is 15.4 Å². The summed E-state index contributed by atoms with van der Waals surface area (Å²) in [5.74, 6) is 0. The van der Waals surface area contributed by atoms with Crippen molar-refractivity contribution >= 4 is 11.8 Å². The van der Waals surface area contributed by atoms with Gasteiger partial charge in [-0.2, -0.15) is 10.2 Å². The highest BCUT2D eigenvalue weighted by Crippen LogP contribution is 2.35. The van der Waals surface area contributed by atoms with Crippen molar-refractivity contribution in [2.75, 3.05) is 0 Å². The second-order valence-corrected chi connectivity index (χ2v) is 7.30. The third-order valence-electron chi connectivity index (χ3n) is 4.26. The van der Waals surface area contributed by atoms with E-state index in [1.54, 1.807) is 11.8 Å². The second kappa shape index (κ2) is 7.22. The van der Waals surface area contributed by atoms with E-state index in [0.717, 1.165) is 11.4 Å². The van der Waals surface area contributed by atoms with Crippen LogP contribution >= 0.6 is 11.8 Å². The molecular formula is C21H20N4S. The Morgan fingerprint density at radius 3 is 2.35 bits per heavy atom. The van der Waals surface area contributed by atoms with E-state index >= 15 is 0 Å². The third-order valence-corrected chi connectivity index (χ3v) is 5.36. The van der Waals surface area contributed by atoms with Crippen molar-refractivity contribution in [1.29, 1.82) is 0 Å². The van der Waals surface area contributed by atoms with Crippen LogP contribution in [-0.2, 0) is 0 Å². The Morgan fingerprint density at radius 1 is 0.885 bits per heavy atom. The number of hydrogen-bond donors (Lipinski definition) is 0. The van der Waals surface area contributed by atoms with Crippen molar-refractivity contribution in [3.8, 4) is 0 Å². The molecule has 0 radical (unpaired) electrons. The lowest BCUT2D eigenvalue weighted by Gasteiger charge is -2.23. The van der Waals surface area contributed by atoms with E-state index in [4.69, 9.17) is 0 Å². The molecule has 0 aliphatic heterocycles. The molecule has 0 spiro atoms. The Morgan fingerprint density at radius 2 is 1.65 bits per heavy atom. The van der Waals surface area contributed by atoms with Crippen LogP contribution in [0.15, 0.2) is 88.9 Å². The molecule has 130 valence electrons. The summed E-state index contributed by atoms with van der Waals surface area (Å²) >= 11 is 1.76. The van der Waals surface area contributed by atoms with Crippen molar-refractivity contribution in [1.82, 2.24) is 19.6 Å². The first-order valence-corrected chi connectivity index (χ1v) is 9.38. The molecule has 0 amide bonds. The molecule has 4 rings (SSSR count). The summed E-state index contributed by atoms with van der Waals surface area (Å²) in [6.45, 7) is 4.08. The summed E-state index contributed by atoms with van der Waals surface area (Å²) < 4.78 is 4.01. The van der Waals surface area contributed by atoms with Gasteiger partial charge in [0.05, 0.1) is 5.69 Å². The zero-order valence-electron chi connectivity index (χ0n) is 14.8. The molecule has 26 heavy (non-hydrogen) atoms. The van der Waals surface area contributed by atoms with Crippen LogP contribution in [-0.4, -0.2) is 19.6 Å². The predicted octanol–water partition coefficient (Wildman–Crippen LogP) is 4.94. The van der Waals surface area contributed by atoms with Crippen LogP contribution in [0.1, 0.15) is 23.1 Å². The molecule has 2 heterocycles. The maximum absolute atomic E-state index is 4.68. The first-order valence-electron chi connectivity index (χ1n) is 8.56. The summed E-state index contributed by atoms with van der Waals surface area (Å²) in [5, 5.41) is 9.25. The van der Waals surface area contributed by atoms with Crippen LogP contribution in [0.4, 0.5) is 0 Å². The van der Waals surface area contributed by atoms with E-state index in [0.29, 0.717) is 0 Å². The van der Waals surface area contributed by atoms with Gasteiger partial charge in [-0.15, -0.1) is 0 Å². The molecule has 0 aliphatic carbocycles. The van der Waals surface area contributed by atoms with Crippen LogP contribution in [0.3, 0.4) is 0 Å². The van der Waals surface area contributed by atoms with Crippen LogP contribution in [0, 0.1) is 13.8 Å². The number of aryl methyl sites for hydroxylation is 2. The fourth-order valence-corrected chi connectivity index (χ4v) is 3.98. The third kappa shape index (κ3) is 3.30. The lowest BCUT2D eigenvalue weighted by atomic mass is 10.1. The Labute approximate surface area is 157 Å². The maximum Gasteiger partial charge on any atom is 0.170 e. The van der Waals surface area contributed by atoms with Gasteiger partial charge in [0.25, 0.3) is 0 Å². The number of hydrogen-bond acceptors (Lipinski definition) is 3. The molecule has 5 heteroatoms. The van der Waals surface area contributed by atoms with Crippen LogP contribution < -0.4 is 0 Å². The minimum atomic E-state index is -0.119. The number of aromatic nitrogens is 4. The van der Waals surface area contributed by atoms with Gasteiger partial charge in [-0.1, -0.05) is 48.2 Å². The smallest absolute Gasteiger partial charge is 0.170 e. The zero-order chi connectivity index (χ0) is 17.9. The summed E-state index contributed by atoms with van der Waals surface area (Å²) in [6, 6.07) is 23.0. The van der Waals surface area contributed by atoms with Crippen molar-refractivity contribution in [2.24, 2.45) is 0 Å². The van der Waals surface area contributed by atoms with Crippen molar-refractivity contribution in [2.45, 2.75) is 29.8 Å². The molecular weight excluding hydrogens is 340 g/mol. The molecule has 0 saturated carbocycles. The lowest BCUT2D eigenvalue weighted by Crippen LogP contribution is -2.23. The van der Waals surface area contributed by atoms with E-state index in [-0.39, 0.29) is 6.17 Å². The van der Waals surface area contributed by atoms with Crippen molar-refractivity contribution < 1.29 is 0 Å². The van der Waals surface area contributed by atoms with Gasteiger partial charge in [0.15, 0.2) is 6.17 Å². The minimum Gasteiger partial charge on any atom is -0.243 e. The second-order valence-electron chi connectivity index (χ2n) is 6.18. The molecule has 2 aromatic heterocycles. The standard InChI is InChI=1S/C21H20N4S/c1-16-13-15-24(23-16)21(25-17(2)12-14-22-25)19-10-6-7-11-20(19)26-18-8-4-3-5-9-18/h3-15,21H,1-2H3. The summed E-state index contributed by atoms with van der Waals surface area (Å²) in [6.07, 6.45) is 3.74.